The molecule has 0 aromatic rings. The lowest BCUT2D eigenvalue weighted by Crippen LogP contribution is -2.43. The molecule has 0 radical (unpaired) electrons. The molecule has 0 aliphatic carbocycles. The Kier molecular flexibility index (Phi) is 8.60. The summed E-state index contributed by atoms with van der Waals surface area (Å²) in [5.74, 6) is -0.390. The maximum atomic E-state index is 12.5. The highest BCUT2D eigenvalue weighted by molar-refractivity contribution is 6.00. The summed E-state index contributed by atoms with van der Waals surface area (Å²) in [6.45, 7) is 13.9. The lowest BCUT2D eigenvalue weighted by molar-refractivity contribution is -0.178. The summed E-state index contributed by atoms with van der Waals surface area (Å²) in [6.07, 6.45) is 1.52. The average molecular weight is 300 g/mol. The first kappa shape index (κ1) is 19.9. The molecule has 0 aromatic carbocycles. The van der Waals surface area contributed by atoms with Crippen molar-refractivity contribution >= 4 is 11.9 Å². The third kappa shape index (κ3) is 5.33. The quantitative estimate of drug-likeness (QED) is 0.477. The maximum absolute atomic E-state index is 12.5. The fraction of sp³-hybridized carbons (Fsp3) is 0.882. The molecule has 0 aliphatic heterocycles. The van der Waals surface area contributed by atoms with Gasteiger partial charge in [0.05, 0.1) is 6.61 Å². The van der Waals surface area contributed by atoms with E-state index in [0.717, 1.165) is 6.42 Å². The van der Waals surface area contributed by atoms with E-state index in [0.29, 0.717) is 19.4 Å². The Balaban J connectivity index is 5.00. The van der Waals surface area contributed by atoms with Gasteiger partial charge in [-0.15, -0.1) is 0 Å². The summed E-state index contributed by atoms with van der Waals surface area (Å²) in [5, 5.41) is 0. The van der Waals surface area contributed by atoms with Crippen molar-refractivity contribution in [1.82, 2.24) is 0 Å². The molecule has 0 heterocycles. The van der Waals surface area contributed by atoms with E-state index in [2.05, 4.69) is 6.92 Å². The van der Waals surface area contributed by atoms with E-state index in [1.807, 2.05) is 41.5 Å². The molecule has 2 atom stereocenters. The molecule has 0 bridgehead atoms. The van der Waals surface area contributed by atoms with Crippen LogP contribution in [-0.2, 0) is 19.1 Å². The topological polar surface area (TPSA) is 52.6 Å². The van der Waals surface area contributed by atoms with Crippen molar-refractivity contribution in [1.29, 1.82) is 0 Å². The minimum Gasteiger partial charge on any atom is -0.465 e. The summed E-state index contributed by atoms with van der Waals surface area (Å²) in [5.41, 5.74) is -1.17. The molecule has 0 saturated heterocycles. The zero-order valence-electron chi connectivity index (χ0n) is 14.7. The zero-order valence-corrected chi connectivity index (χ0v) is 14.7. The number of hydrogen-bond acceptors (Lipinski definition) is 4. The van der Waals surface area contributed by atoms with Crippen molar-refractivity contribution in [3.05, 3.63) is 0 Å². The Morgan fingerprint density at radius 2 is 1.48 bits per heavy atom. The molecule has 0 spiro atoms. The van der Waals surface area contributed by atoms with E-state index in [4.69, 9.17) is 9.47 Å². The van der Waals surface area contributed by atoms with E-state index < -0.39 is 17.4 Å². The van der Waals surface area contributed by atoms with Crippen LogP contribution in [0.3, 0.4) is 0 Å². The Hall–Kier alpha value is -1.06. The number of esters is 2. The van der Waals surface area contributed by atoms with Gasteiger partial charge in [-0.05, 0) is 31.6 Å². The van der Waals surface area contributed by atoms with Gasteiger partial charge in [0.1, 0.15) is 6.10 Å². The summed E-state index contributed by atoms with van der Waals surface area (Å²) >= 11 is 0. The molecule has 0 rings (SSSR count). The van der Waals surface area contributed by atoms with Gasteiger partial charge in [-0.1, -0.05) is 48.0 Å². The Morgan fingerprint density at radius 3 is 1.86 bits per heavy atom. The third-order valence-electron chi connectivity index (χ3n) is 4.27. The molecule has 0 aliphatic rings. The normalized spacial score (nSPS) is 14.7. The second kappa shape index (κ2) is 9.06. The molecule has 0 aromatic heterocycles. The zero-order chi connectivity index (χ0) is 16.6. The predicted molar refractivity (Wildman–Crippen MR) is 83.8 cm³/mol. The van der Waals surface area contributed by atoms with E-state index in [-0.39, 0.29) is 17.9 Å². The molecule has 21 heavy (non-hydrogen) atoms. The highest BCUT2D eigenvalue weighted by atomic mass is 16.6. The fourth-order valence-electron chi connectivity index (χ4n) is 2.02. The van der Waals surface area contributed by atoms with Crippen molar-refractivity contribution in [3.8, 4) is 0 Å². The van der Waals surface area contributed by atoms with Crippen LogP contribution in [0.4, 0.5) is 0 Å². The molecular weight excluding hydrogens is 268 g/mol. The average Bonchev–Trinajstić information content (AvgIpc) is 2.45. The Bertz CT molecular complexity index is 332. The van der Waals surface area contributed by atoms with Crippen molar-refractivity contribution in [3.63, 3.8) is 0 Å². The number of carbonyl (C=O) groups excluding carboxylic acids is 2. The van der Waals surface area contributed by atoms with E-state index in [1.165, 1.54) is 0 Å². The van der Waals surface area contributed by atoms with Crippen LogP contribution in [0.25, 0.3) is 0 Å². The van der Waals surface area contributed by atoms with Gasteiger partial charge in [0.25, 0.3) is 0 Å². The van der Waals surface area contributed by atoms with Crippen LogP contribution in [0.2, 0.25) is 0 Å². The van der Waals surface area contributed by atoms with E-state index >= 15 is 0 Å². The largest absolute Gasteiger partial charge is 0.465 e. The van der Waals surface area contributed by atoms with E-state index in [9.17, 15) is 9.59 Å². The van der Waals surface area contributed by atoms with Crippen molar-refractivity contribution < 1.29 is 19.1 Å². The van der Waals surface area contributed by atoms with Crippen LogP contribution in [0, 0.1) is 17.3 Å². The SMILES string of the molecule is CCC(C)C(C)OC(=O)C(CC)(CC)C(=O)OCC(C)C. The van der Waals surface area contributed by atoms with E-state index in [1.54, 1.807) is 0 Å². The number of carbonyl (C=O) groups is 2. The van der Waals surface area contributed by atoms with Crippen LogP contribution in [-0.4, -0.2) is 24.6 Å². The molecule has 0 saturated carbocycles. The first-order valence-corrected chi connectivity index (χ1v) is 8.13. The third-order valence-corrected chi connectivity index (χ3v) is 4.27. The highest BCUT2D eigenvalue weighted by Gasteiger charge is 2.46. The summed E-state index contributed by atoms with van der Waals surface area (Å²) in [7, 11) is 0. The second-order valence-electron chi connectivity index (χ2n) is 6.28. The van der Waals surface area contributed by atoms with Crippen molar-refractivity contribution in [2.45, 2.75) is 73.8 Å². The van der Waals surface area contributed by atoms with Gasteiger partial charge < -0.3 is 9.47 Å². The number of hydrogen-bond donors (Lipinski definition) is 0. The number of rotatable bonds is 9. The minimum absolute atomic E-state index is 0.196. The van der Waals surface area contributed by atoms with Crippen molar-refractivity contribution in [2.75, 3.05) is 6.61 Å². The van der Waals surface area contributed by atoms with Gasteiger partial charge in [0.2, 0.25) is 0 Å². The maximum Gasteiger partial charge on any atom is 0.323 e. The lowest BCUT2D eigenvalue weighted by Gasteiger charge is -2.30. The highest BCUT2D eigenvalue weighted by Crippen LogP contribution is 2.31. The van der Waals surface area contributed by atoms with Gasteiger partial charge in [-0.2, -0.15) is 0 Å². The Labute approximate surface area is 129 Å². The van der Waals surface area contributed by atoms with Crippen LogP contribution in [0.5, 0.6) is 0 Å². The molecule has 2 unspecified atom stereocenters. The van der Waals surface area contributed by atoms with Crippen molar-refractivity contribution in [2.24, 2.45) is 17.3 Å². The summed E-state index contributed by atoms with van der Waals surface area (Å²) in [4.78, 5) is 24.9. The van der Waals surface area contributed by atoms with Crippen LogP contribution in [0.1, 0.15) is 67.7 Å². The summed E-state index contributed by atoms with van der Waals surface area (Å²) < 4.78 is 10.8. The van der Waals surface area contributed by atoms with Gasteiger partial charge in [0.15, 0.2) is 5.41 Å². The van der Waals surface area contributed by atoms with Crippen LogP contribution in [0.15, 0.2) is 0 Å². The summed E-state index contributed by atoms with van der Waals surface area (Å²) in [6, 6.07) is 0. The van der Waals surface area contributed by atoms with Crippen LogP contribution < -0.4 is 0 Å². The molecule has 4 nitrogen and oxygen atoms in total. The first-order chi connectivity index (χ1) is 9.74. The lowest BCUT2D eigenvalue weighted by atomic mass is 9.82. The molecule has 0 N–H and O–H groups in total. The van der Waals surface area contributed by atoms with Gasteiger partial charge in [0, 0.05) is 0 Å². The number of ether oxygens (including phenoxy) is 2. The standard InChI is InChI=1S/C17H32O4/c1-8-13(6)14(7)21-16(19)17(9-2,10-3)15(18)20-11-12(4)5/h12-14H,8-11H2,1-7H3. The molecule has 124 valence electrons. The predicted octanol–water partition coefficient (Wildman–Crippen LogP) is 3.97. The second-order valence-corrected chi connectivity index (χ2v) is 6.28. The molecular formula is C17H32O4. The van der Waals surface area contributed by atoms with Gasteiger partial charge >= 0.3 is 11.9 Å². The monoisotopic (exact) mass is 300 g/mol. The molecule has 4 heteroatoms. The van der Waals surface area contributed by atoms with Gasteiger partial charge in [-0.3, -0.25) is 9.59 Å². The first-order valence-electron chi connectivity index (χ1n) is 8.13. The molecule has 0 amide bonds. The van der Waals surface area contributed by atoms with Crippen LogP contribution >= 0.6 is 0 Å². The smallest absolute Gasteiger partial charge is 0.323 e. The van der Waals surface area contributed by atoms with Gasteiger partial charge in [-0.25, -0.2) is 0 Å². The Morgan fingerprint density at radius 1 is 0.952 bits per heavy atom. The minimum atomic E-state index is -1.17. The fourth-order valence-corrected chi connectivity index (χ4v) is 2.02. The molecule has 0 fully saturated rings.